The first-order chi connectivity index (χ1) is 7.18. The van der Waals surface area contributed by atoms with Crippen LogP contribution in [0.5, 0.6) is 0 Å². The molecule has 0 amide bonds. The molecule has 0 atom stereocenters. The Hall–Kier alpha value is -0.130. The molecular formula is C10H12Br2N2O. The molecule has 0 N–H and O–H groups in total. The van der Waals surface area contributed by atoms with E-state index >= 15 is 0 Å². The Morgan fingerprint density at radius 3 is 2.67 bits per heavy atom. The first kappa shape index (κ1) is 11.4. The molecule has 2 rings (SSSR count). The molecule has 5 heteroatoms. The number of anilines is 1. The second-order valence-corrected chi connectivity index (χ2v) is 5.11. The van der Waals surface area contributed by atoms with Gasteiger partial charge in [-0.25, -0.2) is 4.98 Å². The van der Waals surface area contributed by atoms with Crippen molar-refractivity contribution < 1.29 is 4.74 Å². The van der Waals surface area contributed by atoms with E-state index in [4.69, 9.17) is 4.74 Å². The van der Waals surface area contributed by atoms with E-state index in [1.54, 1.807) is 0 Å². The Morgan fingerprint density at radius 2 is 2.00 bits per heavy atom. The fourth-order valence-corrected chi connectivity index (χ4v) is 2.36. The molecule has 0 bridgehead atoms. The van der Waals surface area contributed by atoms with Crippen molar-refractivity contribution in [2.24, 2.45) is 0 Å². The van der Waals surface area contributed by atoms with Crippen LogP contribution in [-0.2, 0) is 4.74 Å². The zero-order chi connectivity index (χ0) is 10.8. The standard InChI is InChI=1S/C10H12Br2N2O/c1-7-6-8(11)9(12)13-10(7)14-2-4-15-5-3-14/h6H,2-5H2,1H3. The number of aromatic nitrogens is 1. The molecule has 1 aromatic heterocycles. The monoisotopic (exact) mass is 334 g/mol. The molecule has 0 aromatic carbocycles. The van der Waals surface area contributed by atoms with Gasteiger partial charge in [0.1, 0.15) is 10.4 Å². The summed E-state index contributed by atoms with van der Waals surface area (Å²) in [4.78, 5) is 6.80. The molecular weight excluding hydrogens is 324 g/mol. The summed E-state index contributed by atoms with van der Waals surface area (Å²) in [5.41, 5.74) is 1.19. The Kier molecular flexibility index (Phi) is 3.64. The Labute approximate surface area is 106 Å². The van der Waals surface area contributed by atoms with Gasteiger partial charge in [-0.05, 0) is 50.4 Å². The van der Waals surface area contributed by atoms with Crippen LogP contribution in [0.3, 0.4) is 0 Å². The predicted molar refractivity (Wildman–Crippen MR) is 67.4 cm³/mol. The molecule has 1 aliphatic heterocycles. The summed E-state index contributed by atoms with van der Waals surface area (Å²) >= 11 is 6.88. The normalized spacial score (nSPS) is 16.9. The topological polar surface area (TPSA) is 25.4 Å². The first-order valence-corrected chi connectivity index (χ1v) is 6.42. The van der Waals surface area contributed by atoms with Crippen molar-refractivity contribution in [2.75, 3.05) is 31.2 Å². The zero-order valence-electron chi connectivity index (χ0n) is 8.46. The quantitative estimate of drug-likeness (QED) is 0.738. The van der Waals surface area contributed by atoms with Crippen molar-refractivity contribution in [2.45, 2.75) is 6.92 Å². The highest BCUT2D eigenvalue weighted by Gasteiger charge is 2.15. The molecule has 0 saturated carbocycles. The molecule has 3 nitrogen and oxygen atoms in total. The lowest BCUT2D eigenvalue weighted by Crippen LogP contribution is -2.37. The van der Waals surface area contributed by atoms with Crippen LogP contribution < -0.4 is 4.90 Å². The SMILES string of the molecule is Cc1cc(Br)c(Br)nc1N1CCOCC1. The predicted octanol–water partition coefficient (Wildman–Crippen LogP) is 2.75. The maximum atomic E-state index is 5.32. The van der Waals surface area contributed by atoms with Gasteiger partial charge in [-0.1, -0.05) is 0 Å². The highest BCUT2D eigenvalue weighted by molar-refractivity contribution is 9.13. The van der Waals surface area contributed by atoms with E-state index in [0.29, 0.717) is 0 Å². The number of ether oxygens (including phenoxy) is 1. The van der Waals surface area contributed by atoms with Gasteiger partial charge in [-0.3, -0.25) is 0 Å². The van der Waals surface area contributed by atoms with Crippen molar-refractivity contribution in [3.05, 3.63) is 20.7 Å². The van der Waals surface area contributed by atoms with E-state index < -0.39 is 0 Å². The van der Waals surface area contributed by atoms with Gasteiger partial charge in [0.05, 0.1) is 17.7 Å². The number of rotatable bonds is 1. The summed E-state index contributed by atoms with van der Waals surface area (Å²) < 4.78 is 7.18. The highest BCUT2D eigenvalue weighted by atomic mass is 79.9. The molecule has 0 aliphatic carbocycles. The molecule has 0 unspecified atom stereocenters. The minimum Gasteiger partial charge on any atom is -0.378 e. The Bertz CT molecular complexity index is 365. The number of morpholine rings is 1. The third kappa shape index (κ3) is 2.52. The highest BCUT2D eigenvalue weighted by Crippen LogP contribution is 2.28. The van der Waals surface area contributed by atoms with Gasteiger partial charge in [0.2, 0.25) is 0 Å². The van der Waals surface area contributed by atoms with Crippen molar-refractivity contribution >= 4 is 37.7 Å². The van der Waals surface area contributed by atoms with Crippen molar-refractivity contribution in [3.63, 3.8) is 0 Å². The summed E-state index contributed by atoms with van der Waals surface area (Å²) in [6.07, 6.45) is 0. The molecule has 0 spiro atoms. The minimum absolute atomic E-state index is 0.787. The van der Waals surface area contributed by atoms with Crippen molar-refractivity contribution in [1.29, 1.82) is 0 Å². The number of hydrogen-bond donors (Lipinski definition) is 0. The van der Waals surface area contributed by atoms with E-state index in [-0.39, 0.29) is 0 Å². The summed E-state index contributed by atoms with van der Waals surface area (Å²) in [6.45, 7) is 5.49. The van der Waals surface area contributed by atoms with Crippen LogP contribution in [0.15, 0.2) is 15.1 Å². The summed E-state index contributed by atoms with van der Waals surface area (Å²) in [5, 5.41) is 0. The van der Waals surface area contributed by atoms with Crippen LogP contribution in [-0.4, -0.2) is 31.3 Å². The number of nitrogens with zero attached hydrogens (tertiary/aromatic N) is 2. The molecule has 82 valence electrons. The molecule has 1 aromatic rings. The fraction of sp³-hybridized carbons (Fsp3) is 0.500. The van der Waals surface area contributed by atoms with Gasteiger partial charge in [0, 0.05) is 13.1 Å². The van der Waals surface area contributed by atoms with Gasteiger partial charge in [0.25, 0.3) is 0 Å². The minimum atomic E-state index is 0.787. The van der Waals surface area contributed by atoms with Crippen LogP contribution in [0.1, 0.15) is 5.56 Å². The van der Waals surface area contributed by atoms with Crippen LogP contribution in [0.2, 0.25) is 0 Å². The van der Waals surface area contributed by atoms with Crippen LogP contribution >= 0.6 is 31.9 Å². The molecule has 1 fully saturated rings. The Morgan fingerprint density at radius 1 is 1.33 bits per heavy atom. The van der Waals surface area contributed by atoms with E-state index in [0.717, 1.165) is 41.2 Å². The van der Waals surface area contributed by atoms with E-state index in [1.807, 2.05) is 0 Å². The second kappa shape index (κ2) is 4.80. The first-order valence-electron chi connectivity index (χ1n) is 4.84. The number of aryl methyl sites for hydroxylation is 1. The van der Waals surface area contributed by atoms with Gasteiger partial charge < -0.3 is 9.64 Å². The third-order valence-electron chi connectivity index (χ3n) is 2.41. The molecule has 15 heavy (non-hydrogen) atoms. The average Bonchev–Trinajstić information content (AvgIpc) is 2.25. The zero-order valence-corrected chi connectivity index (χ0v) is 11.6. The Balaban J connectivity index is 2.30. The van der Waals surface area contributed by atoms with E-state index in [1.165, 1.54) is 5.56 Å². The van der Waals surface area contributed by atoms with Crippen LogP contribution in [0.4, 0.5) is 5.82 Å². The van der Waals surface area contributed by atoms with Crippen molar-refractivity contribution in [1.82, 2.24) is 4.98 Å². The molecule has 0 radical (unpaired) electrons. The largest absolute Gasteiger partial charge is 0.378 e. The number of hydrogen-bond acceptors (Lipinski definition) is 3. The molecule has 1 saturated heterocycles. The van der Waals surface area contributed by atoms with Crippen molar-refractivity contribution in [3.8, 4) is 0 Å². The third-order valence-corrected chi connectivity index (χ3v) is 4.15. The fourth-order valence-electron chi connectivity index (χ4n) is 1.64. The molecule has 1 aliphatic rings. The van der Waals surface area contributed by atoms with E-state index in [9.17, 15) is 0 Å². The van der Waals surface area contributed by atoms with Gasteiger partial charge in [0.15, 0.2) is 0 Å². The number of halogens is 2. The smallest absolute Gasteiger partial charge is 0.133 e. The molecule has 2 heterocycles. The van der Waals surface area contributed by atoms with Gasteiger partial charge >= 0.3 is 0 Å². The average molecular weight is 336 g/mol. The lowest BCUT2D eigenvalue weighted by atomic mass is 10.2. The van der Waals surface area contributed by atoms with Crippen LogP contribution in [0, 0.1) is 6.92 Å². The lowest BCUT2D eigenvalue weighted by molar-refractivity contribution is 0.122. The second-order valence-electron chi connectivity index (χ2n) is 3.50. The maximum Gasteiger partial charge on any atom is 0.133 e. The lowest BCUT2D eigenvalue weighted by Gasteiger charge is -2.29. The maximum absolute atomic E-state index is 5.32. The summed E-state index contributed by atoms with van der Waals surface area (Å²) in [5.74, 6) is 1.05. The number of pyridine rings is 1. The van der Waals surface area contributed by atoms with Crippen LogP contribution in [0.25, 0.3) is 0 Å². The summed E-state index contributed by atoms with van der Waals surface area (Å²) in [6, 6.07) is 2.09. The van der Waals surface area contributed by atoms with Gasteiger partial charge in [-0.2, -0.15) is 0 Å². The van der Waals surface area contributed by atoms with E-state index in [2.05, 4.69) is 54.7 Å². The van der Waals surface area contributed by atoms with Gasteiger partial charge in [-0.15, -0.1) is 0 Å². The summed E-state index contributed by atoms with van der Waals surface area (Å²) in [7, 11) is 0.